The van der Waals surface area contributed by atoms with Crippen LogP contribution in [0, 0.1) is 16.7 Å². The number of hydrogen-bond acceptors (Lipinski definition) is 4. The van der Waals surface area contributed by atoms with E-state index < -0.39 is 17.4 Å². The molecule has 2 rings (SSSR count). The van der Waals surface area contributed by atoms with Crippen molar-refractivity contribution in [2.24, 2.45) is 16.7 Å². The van der Waals surface area contributed by atoms with Gasteiger partial charge < -0.3 is 9.47 Å². The fourth-order valence-electron chi connectivity index (χ4n) is 3.29. The number of hydrogen-bond donors (Lipinski definition) is 0. The molecule has 1 fully saturated rings. The molecule has 0 spiro atoms. The van der Waals surface area contributed by atoms with E-state index in [2.05, 4.69) is 32.1 Å². The van der Waals surface area contributed by atoms with Gasteiger partial charge in [0.2, 0.25) is 0 Å². The van der Waals surface area contributed by atoms with Crippen LogP contribution in [0.1, 0.15) is 33.1 Å². The van der Waals surface area contributed by atoms with Gasteiger partial charge in [-0.2, -0.15) is 0 Å². The van der Waals surface area contributed by atoms with E-state index in [0.717, 1.165) is 12.0 Å². The quantitative estimate of drug-likeness (QED) is 0.442. The second kappa shape index (κ2) is 5.08. The van der Waals surface area contributed by atoms with Gasteiger partial charge in [-0.05, 0) is 30.6 Å². The van der Waals surface area contributed by atoms with E-state index in [-0.39, 0.29) is 11.3 Å². The molecule has 20 heavy (non-hydrogen) atoms. The summed E-state index contributed by atoms with van der Waals surface area (Å²) >= 11 is 0. The Labute approximate surface area is 119 Å². The summed E-state index contributed by atoms with van der Waals surface area (Å²) in [5.74, 6) is -0.871. The van der Waals surface area contributed by atoms with E-state index in [9.17, 15) is 9.59 Å². The van der Waals surface area contributed by atoms with Gasteiger partial charge in [-0.25, -0.2) is 0 Å². The predicted molar refractivity (Wildman–Crippen MR) is 74.8 cm³/mol. The second-order valence-electron chi connectivity index (χ2n) is 6.39. The van der Waals surface area contributed by atoms with Gasteiger partial charge in [0.05, 0.1) is 14.2 Å². The number of carbonyl (C=O) groups excluding carboxylic acids is 2. The number of allylic oxidation sites excluding steroid dienone is 4. The molecule has 0 radical (unpaired) electrons. The Morgan fingerprint density at radius 1 is 1.20 bits per heavy atom. The monoisotopic (exact) mass is 278 g/mol. The third-order valence-electron chi connectivity index (χ3n) is 4.29. The lowest BCUT2D eigenvalue weighted by Crippen LogP contribution is -2.39. The summed E-state index contributed by atoms with van der Waals surface area (Å²) in [7, 11) is 2.63. The normalized spacial score (nSPS) is 26.2. The summed E-state index contributed by atoms with van der Waals surface area (Å²) in [4.78, 5) is 24.3. The van der Waals surface area contributed by atoms with Crippen molar-refractivity contribution >= 4 is 11.9 Å². The lowest BCUT2D eigenvalue weighted by molar-refractivity contribution is -0.168. The molecular formula is C16H22O4. The smallest absolute Gasteiger partial charge is 0.323 e. The van der Waals surface area contributed by atoms with Crippen molar-refractivity contribution in [2.75, 3.05) is 14.2 Å². The van der Waals surface area contributed by atoms with Gasteiger partial charge in [-0.3, -0.25) is 9.59 Å². The molecular weight excluding hydrogens is 256 g/mol. The highest BCUT2D eigenvalue weighted by molar-refractivity contribution is 6.01. The SMILES string of the molecule is COC(=O)C1(C(=O)OC)CC2=CC(C)(C)CC=CC2C1. The molecule has 0 bridgehead atoms. The van der Waals surface area contributed by atoms with Gasteiger partial charge in [0.15, 0.2) is 5.41 Å². The largest absolute Gasteiger partial charge is 0.468 e. The molecule has 0 saturated heterocycles. The summed E-state index contributed by atoms with van der Waals surface area (Å²) in [5, 5.41) is 0. The number of carbonyl (C=O) groups is 2. The first kappa shape index (κ1) is 14.8. The van der Waals surface area contributed by atoms with Crippen molar-refractivity contribution in [1.82, 2.24) is 0 Å². The van der Waals surface area contributed by atoms with E-state index in [1.165, 1.54) is 14.2 Å². The van der Waals surface area contributed by atoms with Crippen LogP contribution in [-0.2, 0) is 19.1 Å². The molecule has 0 aromatic rings. The van der Waals surface area contributed by atoms with Crippen LogP contribution in [-0.4, -0.2) is 26.2 Å². The lowest BCUT2D eigenvalue weighted by Gasteiger charge is -2.23. The molecule has 1 unspecified atom stereocenters. The molecule has 0 amide bonds. The fourth-order valence-corrected chi connectivity index (χ4v) is 3.29. The van der Waals surface area contributed by atoms with Crippen LogP contribution < -0.4 is 0 Å². The van der Waals surface area contributed by atoms with Crippen molar-refractivity contribution in [2.45, 2.75) is 33.1 Å². The third-order valence-corrected chi connectivity index (χ3v) is 4.29. The zero-order chi connectivity index (χ0) is 15.0. The van der Waals surface area contributed by atoms with Crippen LogP contribution in [0.2, 0.25) is 0 Å². The molecule has 1 saturated carbocycles. The number of esters is 2. The summed E-state index contributed by atoms with van der Waals surface area (Å²) in [6, 6.07) is 0. The fraction of sp³-hybridized carbons (Fsp3) is 0.625. The Morgan fingerprint density at radius 2 is 1.80 bits per heavy atom. The third kappa shape index (κ3) is 2.39. The van der Waals surface area contributed by atoms with Crippen molar-refractivity contribution < 1.29 is 19.1 Å². The first-order valence-corrected chi connectivity index (χ1v) is 6.90. The second-order valence-corrected chi connectivity index (χ2v) is 6.39. The van der Waals surface area contributed by atoms with Crippen LogP contribution >= 0.6 is 0 Å². The van der Waals surface area contributed by atoms with Gasteiger partial charge in [-0.15, -0.1) is 0 Å². The Hall–Kier alpha value is -1.58. The molecule has 0 N–H and O–H groups in total. The predicted octanol–water partition coefficient (Wildman–Crippen LogP) is 2.64. The molecule has 0 aliphatic heterocycles. The molecule has 2 aliphatic rings. The zero-order valence-corrected chi connectivity index (χ0v) is 12.6. The highest BCUT2D eigenvalue weighted by atomic mass is 16.5. The average molecular weight is 278 g/mol. The Bertz CT molecular complexity index is 469. The summed E-state index contributed by atoms with van der Waals surface area (Å²) in [5.41, 5.74) is 0.000240. The van der Waals surface area contributed by atoms with Crippen LogP contribution in [0.5, 0.6) is 0 Å². The standard InChI is InChI=1S/C16H22O4/c1-15(2)7-5-6-11-9-16(13(17)19-3,14(18)20-4)10-12(11)8-15/h5-6,8,11H,7,9-10H2,1-4H3. The Morgan fingerprint density at radius 3 is 2.35 bits per heavy atom. The molecule has 110 valence electrons. The van der Waals surface area contributed by atoms with E-state index >= 15 is 0 Å². The maximum absolute atomic E-state index is 12.2. The van der Waals surface area contributed by atoms with Crippen molar-refractivity contribution in [1.29, 1.82) is 0 Å². The van der Waals surface area contributed by atoms with Crippen molar-refractivity contribution in [3.05, 3.63) is 23.8 Å². The van der Waals surface area contributed by atoms with Gasteiger partial charge in [-0.1, -0.05) is 37.6 Å². The number of fused-ring (bicyclic) bond motifs is 1. The van der Waals surface area contributed by atoms with E-state index in [0.29, 0.717) is 12.8 Å². The maximum atomic E-state index is 12.2. The van der Waals surface area contributed by atoms with Crippen LogP contribution in [0.15, 0.2) is 23.8 Å². The minimum absolute atomic E-state index is 0.0445. The topological polar surface area (TPSA) is 52.6 Å². The first-order chi connectivity index (χ1) is 9.34. The van der Waals surface area contributed by atoms with Crippen molar-refractivity contribution in [3.63, 3.8) is 0 Å². The zero-order valence-electron chi connectivity index (χ0n) is 12.6. The van der Waals surface area contributed by atoms with Crippen LogP contribution in [0.3, 0.4) is 0 Å². The Kier molecular flexibility index (Phi) is 3.76. The molecule has 0 aromatic heterocycles. The molecule has 4 heteroatoms. The number of rotatable bonds is 2. The van der Waals surface area contributed by atoms with Gasteiger partial charge in [0.25, 0.3) is 0 Å². The molecule has 4 nitrogen and oxygen atoms in total. The number of ether oxygens (including phenoxy) is 2. The van der Waals surface area contributed by atoms with E-state index in [1.807, 2.05) is 0 Å². The lowest BCUT2D eigenvalue weighted by atomic mass is 9.83. The Balaban J connectivity index is 2.42. The number of methoxy groups -OCH3 is 2. The van der Waals surface area contributed by atoms with E-state index in [1.54, 1.807) is 0 Å². The summed E-state index contributed by atoms with van der Waals surface area (Å²) in [6.45, 7) is 4.31. The average Bonchev–Trinajstić information content (AvgIpc) is 2.69. The maximum Gasteiger partial charge on any atom is 0.323 e. The van der Waals surface area contributed by atoms with Crippen LogP contribution in [0.4, 0.5) is 0 Å². The minimum Gasteiger partial charge on any atom is -0.468 e. The van der Waals surface area contributed by atoms with Crippen LogP contribution in [0.25, 0.3) is 0 Å². The highest BCUT2D eigenvalue weighted by Crippen LogP contribution is 2.50. The molecule has 0 heterocycles. The van der Waals surface area contributed by atoms with Gasteiger partial charge >= 0.3 is 11.9 Å². The van der Waals surface area contributed by atoms with Gasteiger partial charge in [0, 0.05) is 0 Å². The first-order valence-electron chi connectivity index (χ1n) is 6.90. The summed E-state index contributed by atoms with van der Waals surface area (Å²) < 4.78 is 9.72. The molecule has 1 atom stereocenters. The summed E-state index contributed by atoms with van der Waals surface area (Å²) in [6.07, 6.45) is 8.24. The van der Waals surface area contributed by atoms with Gasteiger partial charge in [0.1, 0.15) is 0 Å². The molecule has 2 aliphatic carbocycles. The highest BCUT2D eigenvalue weighted by Gasteiger charge is 2.55. The van der Waals surface area contributed by atoms with Crippen molar-refractivity contribution in [3.8, 4) is 0 Å². The van der Waals surface area contributed by atoms with E-state index in [4.69, 9.17) is 9.47 Å². The molecule has 0 aromatic carbocycles. The minimum atomic E-state index is -1.18.